The molecule has 0 spiro atoms. The molecular weight excluding hydrogens is 313 g/mol. The fraction of sp³-hybridized carbons (Fsp3) is 0.500. The van der Waals surface area contributed by atoms with Gasteiger partial charge >= 0.3 is 0 Å². The Labute approximate surface area is 136 Å². The number of methoxy groups -OCH3 is 1. The lowest BCUT2D eigenvalue weighted by Crippen LogP contribution is -2.35. The Balaban J connectivity index is 0.00000220. The van der Waals surface area contributed by atoms with Gasteiger partial charge in [-0.05, 0) is 37.7 Å². The lowest BCUT2D eigenvalue weighted by Gasteiger charge is -2.18. The maximum Gasteiger partial charge on any atom is 0.238 e. The molecule has 0 saturated carbocycles. The molecule has 118 valence electrons. The first kappa shape index (κ1) is 18.0. The van der Waals surface area contributed by atoms with Crippen molar-refractivity contribution >= 4 is 35.6 Å². The first-order valence-corrected chi connectivity index (χ1v) is 7.13. The Bertz CT molecular complexity index is 464. The zero-order chi connectivity index (χ0) is 14.4. The van der Waals surface area contributed by atoms with E-state index in [0.29, 0.717) is 23.0 Å². The number of amides is 1. The average molecular weight is 334 g/mol. The summed E-state index contributed by atoms with van der Waals surface area (Å²) in [6.07, 6.45) is 1.07. The molecule has 0 unspecified atom stereocenters. The molecule has 1 aromatic rings. The molecule has 0 atom stereocenters. The molecule has 1 aromatic carbocycles. The van der Waals surface area contributed by atoms with E-state index in [-0.39, 0.29) is 18.3 Å². The Morgan fingerprint density at radius 1 is 1.43 bits per heavy atom. The van der Waals surface area contributed by atoms with Gasteiger partial charge in [0.2, 0.25) is 5.91 Å². The van der Waals surface area contributed by atoms with Gasteiger partial charge < -0.3 is 15.4 Å². The standard InChI is InChI=1S/C14H20ClN3O2.ClH/c1-20-13-4-3-11(9-12(13)15)17-14(19)10-18-7-2-5-16-6-8-18;/h3-4,9,16H,2,5-8,10H2,1H3,(H,17,19);1H. The van der Waals surface area contributed by atoms with Crippen molar-refractivity contribution in [1.82, 2.24) is 10.2 Å². The lowest BCUT2D eigenvalue weighted by atomic mass is 10.3. The largest absolute Gasteiger partial charge is 0.495 e. The molecule has 1 aliphatic rings. The smallest absolute Gasteiger partial charge is 0.238 e. The molecule has 0 radical (unpaired) electrons. The predicted molar refractivity (Wildman–Crippen MR) is 87.8 cm³/mol. The zero-order valence-corrected chi connectivity index (χ0v) is 13.6. The van der Waals surface area contributed by atoms with Crippen molar-refractivity contribution in [3.63, 3.8) is 0 Å². The van der Waals surface area contributed by atoms with Crippen LogP contribution >= 0.6 is 24.0 Å². The van der Waals surface area contributed by atoms with Crippen LogP contribution in [0.4, 0.5) is 5.69 Å². The number of benzene rings is 1. The molecular formula is C14H21Cl2N3O2. The van der Waals surface area contributed by atoms with E-state index < -0.39 is 0 Å². The van der Waals surface area contributed by atoms with Crippen molar-refractivity contribution in [3.8, 4) is 5.75 Å². The molecule has 0 aromatic heterocycles. The first-order valence-electron chi connectivity index (χ1n) is 6.75. The van der Waals surface area contributed by atoms with Crippen LogP contribution in [0.2, 0.25) is 5.02 Å². The summed E-state index contributed by atoms with van der Waals surface area (Å²) in [4.78, 5) is 14.2. The third-order valence-electron chi connectivity index (χ3n) is 3.24. The van der Waals surface area contributed by atoms with E-state index in [0.717, 1.165) is 32.6 Å². The molecule has 1 fully saturated rings. The van der Waals surface area contributed by atoms with E-state index in [4.69, 9.17) is 16.3 Å². The minimum Gasteiger partial charge on any atom is -0.495 e. The Kier molecular flexibility index (Phi) is 7.82. The number of hydrogen-bond acceptors (Lipinski definition) is 4. The average Bonchev–Trinajstić information content (AvgIpc) is 2.67. The van der Waals surface area contributed by atoms with Gasteiger partial charge in [0.15, 0.2) is 0 Å². The quantitative estimate of drug-likeness (QED) is 0.884. The highest BCUT2D eigenvalue weighted by molar-refractivity contribution is 6.32. The molecule has 1 saturated heterocycles. The van der Waals surface area contributed by atoms with Crippen LogP contribution in [0.15, 0.2) is 18.2 Å². The number of ether oxygens (including phenoxy) is 1. The number of nitrogens with one attached hydrogen (secondary N) is 2. The highest BCUT2D eigenvalue weighted by atomic mass is 35.5. The van der Waals surface area contributed by atoms with Crippen molar-refractivity contribution in [3.05, 3.63) is 23.2 Å². The van der Waals surface area contributed by atoms with Crippen molar-refractivity contribution in [2.75, 3.05) is 45.2 Å². The SMILES string of the molecule is COc1ccc(NC(=O)CN2CCCNCC2)cc1Cl.Cl. The van der Waals surface area contributed by atoms with Gasteiger partial charge in [0.25, 0.3) is 0 Å². The number of anilines is 1. The Morgan fingerprint density at radius 2 is 2.24 bits per heavy atom. The molecule has 0 bridgehead atoms. The molecule has 5 nitrogen and oxygen atoms in total. The molecule has 7 heteroatoms. The van der Waals surface area contributed by atoms with E-state index in [9.17, 15) is 4.79 Å². The normalized spacial score (nSPS) is 15.7. The van der Waals surface area contributed by atoms with Crippen LogP contribution in [0.1, 0.15) is 6.42 Å². The molecule has 2 rings (SSSR count). The highest BCUT2D eigenvalue weighted by Crippen LogP contribution is 2.27. The number of rotatable bonds is 4. The number of nitrogens with zero attached hydrogens (tertiary/aromatic N) is 1. The van der Waals surface area contributed by atoms with Crippen LogP contribution in [-0.4, -0.2) is 50.6 Å². The van der Waals surface area contributed by atoms with Crippen molar-refractivity contribution < 1.29 is 9.53 Å². The summed E-state index contributed by atoms with van der Waals surface area (Å²) < 4.78 is 5.08. The second kappa shape index (κ2) is 9.10. The second-order valence-corrected chi connectivity index (χ2v) is 5.18. The molecule has 1 amide bonds. The summed E-state index contributed by atoms with van der Waals surface area (Å²) in [5.74, 6) is 0.580. The predicted octanol–water partition coefficient (Wildman–Crippen LogP) is 2.00. The molecule has 0 aliphatic carbocycles. The van der Waals surface area contributed by atoms with E-state index in [2.05, 4.69) is 15.5 Å². The fourth-order valence-corrected chi connectivity index (χ4v) is 2.47. The number of halogens is 2. The van der Waals surface area contributed by atoms with Crippen LogP contribution < -0.4 is 15.4 Å². The first-order chi connectivity index (χ1) is 9.69. The number of carbonyl (C=O) groups excluding carboxylic acids is 1. The summed E-state index contributed by atoms with van der Waals surface area (Å²) in [5, 5.41) is 6.67. The van der Waals surface area contributed by atoms with E-state index in [1.54, 1.807) is 25.3 Å². The maximum absolute atomic E-state index is 12.0. The van der Waals surface area contributed by atoms with Gasteiger partial charge in [-0.15, -0.1) is 12.4 Å². The van der Waals surface area contributed by atoms with Crippen LogP contribution in [0.5, 0.6) is 5.75 Å². The summed E-state index contributed by atoms with van der Waals surface area (Å²) in [7, 11) is 1.56. The van der Waals surface area contributed by atoms with Crippen LogP contribution in [-0.2, 0) is 4.79 Å². The van der Waals surface area contributed by atoms with Crippen molar-refractivity contribution in [1.29, 1.82) is 0 Å². The van der Waals surface area contributed by atoms with Gasteiger partial charge in [-0.25, -0.2) is 0 Å². The third kappa shape index (κ3) is 5.71. The summed E-state index contributed by atoms with van der Waals surface area (Å²) in [6, 6.07) is 5.22. The molecule has 2 N–H and O–H groups in total. The van der Waals surface area contributed by atoms with Crippen LogP contribution in [0.25, 0.3) is 0 Å². The van der Waals surface area contributed by atoms with Gasteiger partial charge in [0.1, 0.15) is 5.75 Å². The highest BCUT2D eigenvalue weighted by Gasteiger charge is 2.13. The Hall–Kier alpha value is -1.01. The molecule has 1 aliphatic heterocycles. The zero-order valence-electron chi connectivity index (χ0n) is 12.0. The molecule has 21 heavy (non-hydrogen) atoms. The fourth-order valence-electron chi connectivity index (χ4n) is 2.21. The van der Waals surface area contributed by atoms with E-state index in [1.807, 2.05) is 0 Å². The maximum atomic E-state index is 12.0. The minimum absolute atomic E-state index is 0. The van der Waals surface area contributed by atoms with Crippen molar-refractivity contribution in [2.24, 2.45) is 0 Å². The summed E-state index contributed by atoms with van der Waals surface area (Å²) >= 11 is 6.03. The van der Waals surface area contributed by atoms with Crippen molar-refractivity contribution in [2.45, 2.75) is 6.42 Å². The Morgan fingerprint density at radius 3 is 2.95 bits per heavy atom. The second-order valence-electron chi connectivity index (χ2n) is 4.78. The lowest BCUT2D eigenvalue weighted by molar-refractivity contribution is -0.117. The summed E-state index contributed by atoms with van der Waals surface area (Å²) in [6.45, 7) is 4.21. The number of hydrogen-bond donors (Lipinski definition) is 2. The molecule has 1 heterocycles. The van der Waals surface area contributed by atoms with Crippen LogP contribution in [0.3, 0.4) is 0 Å². The van der Waals surface area contributed by atoms with Gasteiger partial charge in [-0.2, -0.15) is 0 Å². The third-order valence-corrected chi connectivity index (χ3v) is 3.53. The topological polar surface area (TPSA) is 53.6 Å². The minimum atomic E-state index is -0.0202. The van der Waals surface area contributed by atoms with E-state index in [1.165, 1.54) is 0 Å². The van der Waals surface area contributed by atoms with Gasteiger partial charge in [0, 0.05) is 18.8 Å². The number of carbonyl (C=O) groups is 1. The summed E-state index contributed by atoms with van der Waals surface area (Å²) in [5.41, 5.74) is 0.689. The van der Waals surface area contributed by atoms with Gasteiger partial charge in [-0.1, -0.05) is 11.6 Å². The van der Waals surface area contributed by atoms with E-state index >= 15 is 0 Å². The van der Waals surface area contributed by atoms with Gasteiger partial charge in [-0.3, -0.25) is 9.69 Å². The van der Waals surface area contributed by atoms with Crippen LogP contribution in [0, 0.1) is 0 Å². The monoisotopic (exact) mass is 333 g/mol. The van der Waals surface area contributed by atoms with Gasteiger partial charge in [0.05, 0.1) is 18.7 Å².